The van der Waals surface area contributed by atoms with E-state index in [1.807, 2.05) is 36.4 Å². The first-order valence-electron chi connectivity index (χ1n) is 19.6. The van der Waals surface area contributed by atoms with E-state index in [-0.39, 0.29) is 47.8 Å². The molecule has 0 bridgehead atoms. The maximum Gasteiger partial charge on any atom is 0.190 e. The van der Waals surface area contributed by atoms with Crippen molar-refractivity contribution in [3.05, 3.63) is 149 Å². The Labute approximate surface area is 309 Å². The second-order valence-corrected chi connectivity index (χ2v) is 12.4. The molecule has 0 aliphatic rings. The summed E-state index contributed by atoms with van der Waals surface area (Å²) in [6, 6.07) is 32.6. The van der Waals surface area contributed by atoms with Crippen LogP contribution >= 0.6 is 0 Å². The fraction of sp³-hybridized carbons (Fsp3) is 0.186. The molecule has 0 N–H and O–H groups in total. The van der Waals surface area contributed by atoms with Crippen molar-refractivity contribution in [3.8, 4) is 33.6 Å². The average Bonchev–Trinajstić information content (AvgIpc) is 3.52. The number of aryl methyl sites for hydroxylation is 3. The third-order valence-corrected chi connectivity index (χ3v) is 7.56. The van der Waals surface area contributed by atoms with Gasteiger partial charge < -0.3 is 14.4 Å². The Bertz CT molecular complexity index is 2560. The van der Waals surface area contributed by atoms with Gasteiger partial charge in [0.15, 0.2) is 5.69 Å². The molecule has 0 spiro atoms. The molecule has 241 valence electrons. The number of fused-ring (bicyclic) bond motifs is 3. The minimum absolute atomic E-state index is 0. The van der Waals surface area contributed by atoms with Gasteiger partial charge in [0.1, 0.15) is 5.58 Å². The molecule has 48 heavy (non-hydrogen) atoms. The average molecular weight is 813 g/mol. The van der Waals surface area contributed by atoms with Crippen LogP contribution < -0.4 is 0 Å². The smallest absolute Gasteiger partial charge is 0.190 e. The molecule has 3 heterocycles. The van der Waals surface area contributed by atoms with Gasteiger partial charge in [-0.3, -0.25) is 0 Å². The predicted molar refractivity (Wildman–Crippen MR) is 193 cm³/mol. The maximum absolute atomic E-state index is 8.27. The summed E-state index contributed by atoms with van der Waals surface area (Å²) < 4.78 is 77.2. The second kappa shape index (κ2) is 14.5. The number of pyridine rings is 2. The van der Waals surface area contributed by atoms with Crippen LogP contribution in [0.3, 0.4) is 0 Å². The van der Waals surface area contributed by atoms with E-state index < -0.39 is 20.6 Å². The fourth-order valence-corrected chi connectivity index (χ4v) is 5.46. The molecule has 0 unspecified atom stereocenters. The molecule has 0 aliphatic carbocycles. The van der Waals surface area contributed by atoms with Gasteiger partial charge in [-0.15, -0.1) is 54.1 Å². The number of benzene rings is 4. The summed E-state index contributed by atoms with van der Waals surface area (Å²) in [5.74, 6) is 0. The Morgan fingerprint density at radius 3 is 2.35 bits per heavy atom. The third kappa shape index (κ3) is 7.63. The molecule has 0 amide bonds. The van der Waals surface area contributed by atoms with E-state index in [4.69, 9.17) is 23.3 Å². The van der Waals surface area contributed by atoms with Crippen molar-refractivity contribution in [2.24, 2.45) is 5.41 Å². The van der Waals surface area contributed by atoms with Crippen LogP contribution in [0.1, 0.15) is 55.4 Å². The van der Waals surface area contributed by atoms with Crippen LogP contribution in [0.4, 0.5) is 5.69 Å². The van der Waals surface area contributed by atoms with Crippen LogP contribution in [0.2, 0.25) is 0 Å². The molecule has 0 fully saturated rings. The molecule has 1 radical (unpaired) electrons. The van der Waals surface area contributed by atoms with Gasteiger partial charge in [0, 0.05) is 50.2 Å². The molecule has 0 saturated heterocycles. The third-order valence-electron chi connectivity index (χ3n) is 7.56. The minimum Gasteiger partial charge on any atom is -0.502 e. The first-order valence-corrected chi connectivity index (χ1v) is 15.1. The second-order valence-electron chi connectivity index (χ2n) is 12.4. The molecule has 0 aliphatic heterocycles. The van der Waals surface area contributed by atoms with Gasteiger partial charge in [0.05, 0.1) is 12.2 Å². The number of hydrogen-bond acceptors (Lipinski definition) is 3. The van der Waals surface area contributed by atoms with Crippen molar-refractivity contribution in [2.75, 3.05) is 0 Å². The van der Waals surface area contributed by atoms with Gasteiger partial charge >= 0.3 is 0 Å². The Morgan fingerprint density at radius 2 is 1.65 bits per heavy atom. The number of furan rings is 1. The van der Waals surface area contributed by atoms with Gasteiger partial charge in [0.2, 0.25) is 0 Å². The normalized spacial score (nSPS) is 14.6. The quantitative estimate of drug-likeness (QED) is 0.166. The number of rotatable bonds is 4. The summed E-state index contributed by atoms with van der Waals surface area (Å²) in [5, 5.41) is 1.63. The van der Waals surface area contributed by atoms with E-state index in [0.29, 0.717) is 40.1 Å². The van der Waals surface area contributed by atoms with E-state index in [1.165, 1.54) is 12.4 Å². The van der Waals surface area contributed by atoms with Crippen LogP contribution in [-0.4, -0.2) is 9.97 Å². The van der Waals surface area contributed by atoms with E-state index in [2.05, 4.69) is 47.7 Å². The van der Waals surface area contributed by atoms with Crippen molar-refractivity contribution >= 4 is 27.6 Å². The van der Waals surface area contributed by atoms with Crippen molar-refractivity contribution in [1.29, 1.82) is 0 Å². The van der Waals surface area contributed by atoms with Crippen LogP contribution in [-0.2, 0) is 26.5 Å². The zero-order valence-corrected chi connectivity index (χ0v) is 29.0. The van der Waals surface area contributed by atoms with Crippen LogP contribution in [0.5, 0.6) is 0 Å². The van der Waals surface area contributed by atoms with Gasteiger partial charge in [-0.25, -0.2) is 4.85 Å². The molecule has 0 atom stereocenters. The Balaban J connectivity index is 0.000000305. The minimum atomic E-state index is -2.53. The van der Waals surface area contributed by atoms with E-state index >= 15 is 0 Å². The molecule has 3 aromatic heterocycles. The van der Waals surface area contributed by atoms with E-state index in [1.54, 1.807) is 54.6 Å². The van der Waals surface area contributed by atoms with Crippen molar-refractivity contribution < 1.29 is 36.9 Å². The Morgan fingerprint density at radius 1 is 0.792 bits per heavy atom. The SMILES string of the molecule is [2H]C([2H])([2H])c1ccc(-c2[c-]cccc2)nc1.[2H]C([2H])([2H])c1cnc(-c2[c-]ccc3c2oc2cc([N+]#[C-])ccc23)cc1-c1ccc(CC(C)(C)C)cc1C([2H])([2H])[2H].[Ir]. The maximum atomic E-state index is 8.27. The Kier molecular flexibility index (Phi) is 7.33. The van der Waals surface area contributed by atoms with Gasteiger partial charge in [0.25, 0.3) is 0 Å². The zero-order valence-electron chi connectivity index (χ0n) is 35.6. The number of hydrogen-bond donors (Lipinski definition) is 0. The van der Waals surface area contributed by atoms with Crippen molar-refractivity contribution in [2.45, 2.75) is 47.7 Å². The molecule has 4 nitrogen and oxygen atoms in total. The summed E-state index contributed by atoms with van der Waals surface area (Å²) in [6.45, 7) is 6.46. The van der Waals surface area contributed by atoms with E-state index in [0.717, 1.165) is 27.6 Å². The van der Waals surface area contributed by atoms with Crippen LogP contribution in [0.25, 0.3) is 60.4 Å². The monoisotopic (exact) mass is 813 g/mol. The number of nitrogens with zero attached hydrogens (tertiary/aromatic N) is 3. The molecule has 7 aromatic rings. The summed E-state index contributed by atoms with van der Waals surface area (Å²) in [5.41, 5.74) is 5.71. The summed E-state index contributed by atoms with van der Waals surface area (Å²) in [7, 11) is 0. The summed E-state index contributed by atoms with van der Waals surface area (Å²) in [6.07, 6.45) is 3.35. The van der Waals surface area contributed by atoms with Crippen LogP contribution in [0.15, 0.2) is 108 Å². The first kappa shape index (κ1) is 24.3. The first-order chi connectivity index (χ1) is 26.2. The summed E-state index contributed by atoms with van der Waals surface area (Å²) >= 11 is 0. The molecular weight excluding hydrogens is 767 g/mol. The topological polar surface area (TPSA) is 43.3 Å². The van der Waals surface area contributed by atoms with Crippen LogP contribution in [0, 0.1) is 44.7 Å². The van der Waals surface area contributed by atoms with Crippen molar-refractivity contribution in [1.82, 2.24) is 9.97 Å². The molecular formula is C43H37IrN3O-2. The van der Waals surface area contributed by atoms with Crippen molar-refractivity contribution in [3.63, 3.8) is 0 Å². The van der Waals surface area contributed by atoms with Gasteiger partial charge in [-0.2, -0.15) is 0 Å². The standard InChI is InChI=1S/C31H27N2O.C12H10N.Ir/c1-19-14-21(17-31(3,4)5)10-12-23(19)27-16-28(33-18-20(27)2)26-9-7-8-25-24-13-11-22(32-6)15-29(24)34-30(25)26;1-10-7-8-12(13-9-10)11-5-3-2-4-6-11;/h7-8,10-16,18H,17H2,1-5H3;2-5,7-9H,1H3;/q2*-1;/i1D3,2D3;1D3;. The molecule has 0 saturated carbocycles. The van der Waals surface area contributed by atoms with Gasteiger partial charge in [-0.05, 0) is 83.2 Å². The summed E-state index contributed by atoms with van der Waals surface area (Å²) in [4.78, 5) is 12.1. The largest absolute Gasteiger partial charge is 0.502 e. The Hall–Kier alpha value is -4.88. The fourth-order valence-electron chi connectivity index (χ4n) is 5.46. The molecule has 7 rings (SSSR count). The number of aromatic nitrogens is 2. The van der Waals surface area contributed by atoms with E-state index in [9.17, 15) is 0 Å². The zero-order chi connectivity index (χ0) is 40.6. The van der Waals surface area contributed by atoms with Gasteiger partial charge in [-0.1, -0.05) is 80.3 Å². The molecule has 4 aromatic carbocycles. The molecule has 5 heteroatoms. The predicted octanol–water partition coefficient (Wildman–Crippen LogP) is 11.7.